The largest absolute Gasteiger partial charge is 0.454 e. The lowest BCUT2D eigenvalue weighted by molar-refractivity contribution is -0.115. The van der Waals surface area contributed by atoms with E-state index in [2.05, 4.69) is 16.0 Å². The van der Waals surface area contributed by atoms with Crippen molar-refractivity contribution in [1.29, 1.82) is 0 Å². The Hall–Kier alpha value is -5.80. The van der Waals surface area contributed by atoms with E-state index in [1.54, 1.807) is 60.7 Å². The molecule has 47 heavy (non-hydrogen) atoms. The summed E-state index contributed by atoms with van der Waals surface area (Å²) in [5, 5.41) is 8.17. The number of thioether (sulfide) groups is 1. The highest BCUT2D eigenvalue weighted by Gasteiger charge is 2.19. The molecule has 0 saturated carbocycles. The zero-order valence-corrected chi connectivity index (χ0v) is 26.3. The minimum absolute atomic E-state index is 0.0959. The van der Waals surface area contributed by atoms with Gasteiger partial charge in [0.2, 0.25) is 12.7 Å². The highest BCUT2D eigenvalue weighted by atomic mass is 32.2. The van der Waals surface area contributed by atoms with Crippen LogP contribution in [0.25, 0.3) is 17.2 Å². The SMILES string of the molecule is CC(Sc1ccc(NC(=O)/C(=C/c2ccc(-c3ccccc3)cc2)NC(=O)c2ccccc2)cc1)C(=O)Nc1ccc2c(c1)OCO2. The summed E-state index contributed by atoms with van der Waals surface area (Å²) in [6.45, 7) is 1.99. The maximum Gasteiger partial charge on any atom is 0.272 e. The first-order valence-electron chi connectivity index (χ1n) is 14.9. The molecule has 0 fully saturated rings. The van der Waals surface area contributed by atoms with Crippen molar-refractivity contribution in [3.05, 3.63) is 144 Å². The van der Waals surface area contributed by atoms with Gasteiger partial charge >= 0.3 is 0 Å². The molecule has 0 aliphatic carbocycles. The lowest BCUT2D eigenvalue weighted by Crippen LogP contribution is -2.30. The minimum atomic E-state index is -0.474. The zero-order valence-electron chi connectivity index (χ0n) is 25.4. The molecule has 0 saturated heterocycles. The molecule has 5 aromatic carbocycles. The Kier molecular flexibility index (Phi) is 9.64. The first-order chi connectivity index (χ1) is 22.9. The van der Waals surface area contributed by atoms with Crippen LogP contribution in [-0.2, 0) is 9.59 Å². The van der Waals surface area contributed by atoms with Crippen LogP contribution in [0.3, 0.4) is 0 Å². The Labute approximate surface area is 276 Å². The van der Waals surface area contributed by atoms with Crippen molar-refractivity contribution in [2.45, 2.75) is 17.1 Å². The third-order valence-corrected chi connectivity index (χ3v) is 8.40. The number of amides is 3. The number of ether oxygens (including phenoxy) is 2. The van der Waals surface area contributed by atoms with Gasteiger partial charge in [0.1, 0.15) is 5.70 Å². The van der Waals surface area contributed by atoms with Gasteiger partial charge in [-0.3, -0.25) is 14.4 Å². The van der Waals surface area contributed by atoms with Crippen LogP contribution < -0.4 is 25.4 Å². The molecule has 6 rings (SSSR count). The van der Waals surface area contributed by atoms with Gasteiger partial charge in [-0.2, -0.15) is 0 Å². The summed E-state index contributed by atoms with van der Waals surface area (Å²) < 4.78 is 10.7. The van der Waals surface area contributed by atoms with Crippen molar-refractivity contribution in [2.24, 2.45) is 0 Å². The molecule has 1 heterocycles. The average molecular weight is 642 g/mol. The number of nitrogens with one attached hydrogen (secondary N) is 3. The Bertz CT molecular complexity index is 1910. The van der Waals surface area contributed by atoms with E-state index in [1.165, 1.54) is 11.8 Å². The van der Waals surface area contributed by atoms with Crippen LogP contribution in [-0.4, -0.2) is 29.8 Å². The Morgan fingerprint density at radius 1 is 0.702 bits per heavy atom. The van der Waals surface area contributed by atoms with Crippen molar-refractivity contribution in [3.8, 4) is 22.6 Å². The molecule has 1 atom stereocenters. The van der Waals surface area contributed by atoms with Crippen LogP contribution >= 0.6 is 11.8 Å². The molecule has 0 radical (unpaired) electrons. The predicted octanol–water partition coefficient (Wildman–Crippen LogP) is 7.61. The molecule has 1 aliphatic rings. The molecule has 3 N–H and O–H groups in total. The number of carbonyl (C=O) groups is 3. The molecule has 5 aromatic rings. The molecule has 1 aliphatic heterocycles. The number of fused-ring (bicyclic) bond motifs is 1. The smallest absolute Gasteiger partial charge is 0.272 e. The topological polar surface area (TPSA) is 106 Å². The minimum Gasteiger partial charge on any atom is -0.454 e. The quantitative estimate of drug-likeness (QED) is 0.107. The van der Waals surface area contributed by atoms with Gasteiger partial charge in [0.05, 0.1) is 5.25 Å². The predicted molar refractivity (Wildman–Crippen MR) is 185 cm³/mol. The summed E-state index contributed by atoms with van der Waals surface area (Å²) in [7, 11) is 0. The van der Waals surface area contributed by atoms with Crippen molar-refractivity contribution in [3.63, 3.8) is 0 Å². The normalized spacial score (nSPS) is 12.6. The van der Waals surface area contributed by atoms with Crippen LogP contribution in [0.2, 0.25) is 0 Å². The van der Waals surface area contributed by atoms with E-state index in [9.17, 15) is 14.4 Å². The molecule has 234 valence electrons. The van der Waals surface area contributed by atoms with E-state index in [0.29, 0.717) is 28.4 Å². The zero-order chi connectivity index (χ0) is 32.6. The van der Waals surface area contributed by atoms with E-state index in [0.717, 1.165) is 21.6 Å². The lowest BCUT2D eigenvalue weighted by atomic mass is 10.0. The highest BCUT2D eigenvalue weighted by Crippen LogP contribution is 2.34. The van der Waals surface area contributed by atoms with E-state index in [4.69, 9.17) is 9.47 Å². The summed E-state index contributed by atoms with van der Waals surface area (Å²) in [5.41, 5.74) is 4.57. The van der Waals surface area contributed by atoms with Gasteiger partial charge in [-0.15, -0.1) is 11.8 Å². The van der Waals surface area contributed by atoms with Crippen molar-refractivity contribution < 1.29 is 23.9 Å². The summed E-state index contributed by atoms with van der Waals surface area (Å²) in [4.78, 5) is 40.2. The van der Waals surface area contributed by atoms with Gasteiger partial charge in [-0.05, 0) is 78.2 Å². The molecule has 9 heteroatoms. The fourth-order valence-electron chi connectivity index (χ4n) is 4.80. The third kappa shape index (κ3) is 8.08. The number of hydrogen-bond donors (Lipinski definition) is 3. The summed E-state index contributed by atoms with van der Waals surface area (Å²) in [6.07, 6.45) is 1.65. The number of rotatable bonds is 10. The monoisotopic (exact) mass is 641 g/mol. The van der Waals surface area contributed by atoms with E-state index in [-0.39, 0.29) is 18.4 Å². The summed E-state index contributed by atoms with van der Waals surface area (Å²) in [5.74, 6) is 0.216. The van der Waals surface area contributed by atoms with Crippen LogP contribution in [0.15, 0.2) is 138 Å². The molecule has 0 bridgehead atoms. The first kappa shape index (κ1) is 31.2. The van der Waals surface area contributed by atoms with Crippen LogP contribution in [0, 0.1) is 0 Å². The second kappa shape index (κ2) is 14.5. The Morgan fingerprint density at radius 2 is 1.34 bits per heavy atom. The standard InChI is InChI=1S/C38H31N3O5S/c1-25(36(42)40-31-18-21-34-35(23-31)46-24-45-34)47-32-19-16-30(17-20-32)39-38(44)33(41-37(43)29-10-6-3-7-11-29)22-26-12-14-28(15-13-26)27-8-4-2-5-9-27/h2-23,25H,24H2,1H3,(H,39,44)(H,40,42)(H,41,43)/b33-22-. The molecular formula is C38H31N3O5S. The summed E-state index contributed by atoms with van der Waals surface area (Å²) in [6, 6.07) is 38.9. The molecule has 3 amide bonds. The fraction of sp³-hybridized carbons (Fsp3) is 0.0789. The van der Waals surface area contributed by atoms with Gasteiger partial charge in [-0.1, -0.05) is 72.8 Å². The molecule has 1 unspecified atom stereocenters. The van der Waals surface area contributed by atoms with Crippen LogP contribution in [0.5, 0.6) is 11.5 Å². The highest BCUT2D eigenvalue weighted by molar-refractivity contribution is 8.00. The maximum atomic E-state index is 13.5. The van der Waals surface area contributed by atoms with Gasteiger partial charge in [0, 0.05) is 27.9 Å². The number of benzene rings is 5. The third-order valence-electron chi connectivity index (χ3n) is 7.29. The van der Waals surface area contributed by atoms with E-state index in [1.807, 2.05) is 79.7 Å². The van der Waals surface area contributed by atoms with Gasteiger partial charge in [0.15, 0.2) is 11.5 Å². The first-order valence-corrected chi connectivity index (χ1v) is 15.8. The lowest BCUT2D eigenvalue weighted by Gasteiger charge is -2.14. The summed E-state index contributed by atoms with van der Waals surface area (Å²) >= 11 is 1.39. The number of carbonyl (C=O) groups excluding carboxylic acids is 3. The second-order valence-electron chi connectivity index (χ2n) is 10.7. The van der Waals surface area contributed by atoms with Crippen molar-refractivity contribution in [2.75, 3.05) is 17.4 Å². The molecule has 0 aromatic heterocycles. The van der Waals surface area contributed by atoms with Crippen LogP contribution in [0.4, 0.5) is 11.4 Å². The molecule has 8 nitrogen and oxygen atoms in total. The van der Waals surface area contributed by atoms with Gasteiger partial charge < -0.3 is 25.4 Å². The Morgan fingerprint density at radius 3 is 2.06 bits per heavy atom. The van der Waals surface area contributed by atoms with Crippen LogP contribution in [0.1, 0.15) is 22.8 Å². The van der Waals surface area contributed by atoms with Gasteiger partial charge in [0.25, 0.3) is 11.8 Å². The Balaban J connectivity index is 1.12. The van der Waals surface area contributed by atoms with Crippen molar-refractivity contribution >= 4 is 46.9 Å². The number of hydrogen-bond acceptors (Lipinski definition) is 6. The fourth-order valence-corrected chi connectivity index (χ4v) is 5.67. The van der Waals surface area contributed by atoms with Crippen molar-refractivity contribution in [1.82, 2.24) is 5.32 Å². The van der Waals surface area contributed by atoms with E-state index < -0.39 is 17.1 Å². The maximum absolute atomic E-state index is 13.5. The van der Waals surface area contributed by atoms with Gasteiger partial charge in [-0.25, -0.2) is 0 Å². The van der Waals surface area contributed by atoms with E-state index >= 15 is 0 Å². The number of anilines is 2. The molecular weight excluding hydrogens is 611 g/mol. The molecule has 0 spiro atoms. The average Bonchev–Trinajstić information content (AvgIpc) is 3.58. The second-order valence-corrected chi connectivity index (χ2v) is 12.1.